The molecule has 0 radical (unpaired) electrons. The van der Waals surface area contributed by atoms with Gasteiger partial charge in [-0.05, 0) is 12.1 Å². The average Bonchev–Trinajstić information content (AvgIpc) is 2.19. The van der Waals surface area contributed by atoms with Crippen molar-refractivity contribution >= 4 is 15.8 Å². The second kappa shape index (κ2) is 4.59. The highest BCUT2D eigenvalue weighted by molar-refractivity contribution is 7.89. The van der Waals surface area contributed by atoms with Gasteiger partial charge in [-0.1, -0.05) is 13.8 Å². The lowest BCUT2D eigenvalue weighted by Gasteiger charge is -2.18. The van der Waals surface area contributed by atoms with Gasteiger partial charge in [-0.25, -0.2) is 13.4 Å². The third-order valence-corrected chi connectivity index (χ3v) is 4.22. The molecular formula is C9H15N3O2S. The molecule has 0 atom stereocenters. The van der Waals surface area contributed by atoms with Crippen molar-refractivity contribution < 1.29 is 8.42 Å². The standard InChI is InChI=1S/C9H15N3O2S/c1-3-12(4-2)15(13,14)8-6-5-7-11-9(8)10/h5-7H,3-4H2,1-2H3,(H2,10,11). The molecular weight excluding hydrogens is 214 g/mol. The Balaban J connectivity index is 3.23. The normalized spacial score (nSPS) is 11.9. The molecule has 0 spiro atoms. The zero-order chi connectivity index (χ0) is 11.5. The number of sulfonamides is 1. The monoisotopic (exact) mass is 229 g/mol. The van der Waals surface area contributed by atoms with Crippen molar-refractivity contribution in [2.45, 2.75) is 18.7 Å². The fourth-order valence-corrected chi connectivity index (χ4v) is 2.85. The summed E-state index contributed by atoms with van der Waals surface area (Å²) in [7, 11) is -3.49. The second-order valence-corrected chi connectivity index (χ2v) is 4.88. The molecule has 2 N–H and O–H groups in total. The number of aromatic nitrogens is 1. The number of pyridine rings is 1. The zero-order valence-corrected chi connectivity index (χ0v) is 9.66. The van der Waals surface area contributed by atoms with Crippen LogP contribution in [-0.2, 0) is 10.0 Å². The maximum atomic E-state index is 12.0. The van der Waals surface area contributed by atoms with Crippen LogP contribution in [0.5, 0.6) is 0 Å². The minimum absolute atomic E-state index is 0.0457. The maximum Gasteiger partial charge on any atom is 0.246 e. The Morgan fingerprint density at radius 3 is 2.47 bits per heavy atom. The molecule has 84 valence electrons. The van der Waals surface area contributed by atoms with Gasteiger partial charge in [0.05, 0.1) is 0 Å². The largest absolute Gasteiger partial charge is 0.383 e. The molecule has 0 aromatic carbocycles. The van der Waals surface area contributed by atoms with E-state index < -0.39 is 10.0 Å². The smallest absolute Gasteiger partial charge is 0.246 e. The van der Waals surface area contributed by atoms with Gasteiger partial charge in [-0.15, -0.1) is 0 Å². The SMILES string of the molecule is CCN(CC)S(=O)(=O)c1cccnc1N. The first-order valence-electron chi connectivity index (χ1n) is 4.74. The van der Waals surface area contributed by atoms with Crippen LogP contribution in [-0.4, -0.2) is 30.8 Å². The van der Waals surface area contributed by atoms with Crippen LogP contribution < -0.4 is 5.73 Å². The van der Waals surface area contributed by atoms with Gasteiger partial charge >= 0.3 is 0 Å². The van der Waals surface area contributed by atoms with Gasteiger partial charge in [-0.3, -0.25) is 0 Å². The number of hydrogen-bond acceptors (Lipinski definition) is 4. The fraction of sp³-hybridized carbons (Fsp3) is 0.444. The molecule has 6 heteroatoms. The minimum atomic E-state index is -3.49. The molecule has 1 aromatic heterocycles. The molecule has 0 saturated heterocycles. The van der Waals surface area contributed by atoms with Crippen LogP contribution in [0.15, 0.2) is 23.2 Å². The van der Waals surface area contributed by atoms with Gasteiger partial charge in [0.2, 0.25) is 10.0 Å². The van der Waals surface area contributed by atoms with Crippen molar-refractivity contribution in [3.63, 3.8) is 0 Å². The van der Waals surface area contributed by atoms with E-state index in [0.29, 0.717) is 13.1 Å². The van der Waals surface area contributed by atoms with E-state index in [4.69, 9.17) is 5.73 Å². The van der Waals surface area contributed by atoms with Gasteiger partial charge in [0.1, 0.15) is 10.7 Å². The molecule has 15 heavy (non-hydrogen) atoms. The third-order valence-electron chi connectivity index (χ3n) is 2.12. The van der Waals surface area contributed by atoms with Crippen LogP contribution in [0.4, 0.5) is 5.82 Å². The van der Waals surface area contributed by atoms with Crippen LogP contribution in [0, 0.1) is 0 Å². The highest BCUT2D eigenvalue weighted by Crippen LogP contribution is 2.19. The van der Waals surface area contributed by atoms with Crippen molar-refractivity contribution in [3.05, 3.63) is 18.3 Å². The molecule has 0 fully saturated rings. The lowest BCUT2D eigenvalue weighted by Crippen LogP contribution is -2.31. The van der Waals surface area contributed by atoms with Crippen LogP contribution in [0.2, 0.25) is 0 Å². The van der Waals surface area contributed by atoms with Gasteiger partial charge < -0.3 is 5.73 Å². The van der Waals surface area contributed by atoms with Crippen LogP contribution in [0.25, 0.3) is 0 Å². The van der Waals surface area contributed by atoms with E-state index in [1.165, 1.54) is 16.6 Å². The molecule has 1 rings (SSSR count). The fourth-order valence-electron chi connectivity index (χ4n) is 1.32. The van der Waals surface area contributed by atoms with Crippen LogP contribution in [0.3, 0.4) is 0 Å². The topological polar surface area (TPSA) is 76.3 Å². The summed E-state index contributed by atoms with van der Waals surface area (Å²) in [5.74, 6) is 0.0457. The van der Waals surface area contributed by atoms with E-state index in [1.54, 1.807) is 19.9 Å². The van der Waals surface area contributed by atoms with Crippen molar-refractivity contribution in [2.75, 3.05) is 18.8 Å². The number of nitrogen functional groups attached to an aromatic ring is 1. The minimum Gasteiger partial charge on any atom is -0.383 e. The molecule has 0 unspecified atom stereocenters. The lowest BCUT2D eigenvalue weighted by molar-refractivity contribution is 0.445. The summed E-state index contributed by atoms with van der Waals surface area (Å²) in [6.07, 6.45) is 1.47. The lowest BCUT2D eigenvalue weighted by atomic mass is 10.5. The Morgan fingerprint density at radius 1 is 1.40 bits per heavy atom. The molecule has 0 aliphatic carbocycles. The van der Waals surface area contributed by atoms with E-state index in [9.17, 15) is 8.42 Å². The predicted molar refractivity (Wildman–Crippen MR) is 58.8 cm³/mol. The summed E-state index contributed by atoms with van der Waals surface area (Å²) in [6.45, 7) is 4.42. The zero-order valence-electron chi connectivity index (χ0n) is 8.84. The van der Waals surface area contributed by atoms with Gasteiger partial charge in [-0.2, -0.15) is 4.31 Å². The summed E-state index contributed by atoms with van der Waals surface area (Å²) in [6, 6.07) is 3.03. The van der Waals surface area contributed by atoms with Crippen molar-refractivity contribution in [1.82, 2.24) is 9.29 Å². The molecule has 0 aliphatic rings. The average molecular weight is 229 g/mol. The summed E-state index contributed by atoms with van der Waals surface area (Å²) in [5, 5.41) is 0. The Kier molecular flexibility index (Phi) is 3.65. The van der Waals surface area contributed by atoms with Gasteiger partial charge in [0.25, 0.3) is 0 Å². The molecule has 0 amide bonds. The molecule has 1 aromatic rings. The summed E-state index contributed by atoms with van der Waals surface area (Å²) in [4.78, 5) is 3.85. The first-order chi connectivity index (χ1) is 7.04. The molecule has 0 bridgehead atoms. The number of nitrogens with zero attached hydrogens (tertiary/aromatic N) is 2. The first kappa shape index (κ1) is 11.9. The number of hydrogen-bond donors (Lipinski definition) is 1. The van der Waals surface area contributed by atoms with E-state index in [0.717, 1.165) is 0 Å². The summed E-state index contributed by atoms with van der Waals surface area (Å²) < 4.78 is 25.4. The van der Waals surface area contributed by atoms with Gasteiger partial charge in [0, 0.05) is 19.3 Å². The molecule has 1 heterocycles. The van der Waals surface area contributed by atoms with Crippen molar-refractivity contribution in [2.24, 2.45) is 0 Å². The summed E-state index contributed by atoms with van der Waals surface area (Å²) in [5.41, 5.74) is 5.54. The Hall–Kier alpha value is -1.14. The first-order valence-corrected chi connectivity index (χ1v) is 6.18. The van der Waals surface area contributed by atoms with E-state index >= 15 is 0 Å². The third kappa shape index (κ3) is 2.27. The van der Waals surface area contributed by atoms with E-state index in [2.05, 4.69) is 4.98 Å². The van der Waals surface area contributed by atoms with Crippen molar-refractivity contribution in [3.8, 4) is 0 Å². The number of rotatable bonds is 4. The number of anilines is 1. The quantitative estimate of drug-likeness (QED) is 0.824. The van der Waals surface area contributed by atoms with Crippen molar-refractivity contribution in [1.29, 1.82) is 0 Å². The number of nitrogens with two attached hydrogens (primary N) is 1. The van der Waals surface area contributed by atoms with Gasteiger partial charge in [0.15, 0.2) is 0 Å². The van der Waals surface area contributed by atoms with Crippen LogP contribution >= 0.6 is 0 Å². The molecule has 0 aliphatic heterocycles. The highest BCUT2D eigenvalue weighted by Gasteiger charge is 2.23. The Bertz CT molecular complexity index is 427. The second-order valence-electron chi connectivity index (χ2n) is 2.98. The maximum absolute atomic E-state index is 12.0. The molecule has 5 nitrogen and oxygen atoms in total. The van der Waals surface area contributed by atoms with Crippen LogP contribution in [0.1, 0.15) is 13.8 Å². The van der Waals surface area contributed by atoms with E-state index in [1.807, 2.05) is 0 Å². The predicted octanol–water partition coefficient (Wildman–Crippen LogP) is 0.694. The van der Waals surface area contributed by atoms with E-state index in [-0.39, 0.29) is 10.7 Å². The summed E-state index contributed by atoms with van der Waals surface area (Å²) >= 11 is 0. The Labute approximate surface area is 90.0 Å². The molecule has 0 saturated carbocycles. The Morgan fingerprint density at radius 2 is 2.00 bits per heavy atom. The highest BCUT2D eigenvalue weighted by atomic mass is 32.2.